The lowest BCUT2D eigenvalue weighted by Gasteiger charge is -2.07. The number of fused-ring (bicyclic) bond motifs is 1. The smallest absolute Gasteiger partial charge is 0.184 e. The van der Waals surface area contributed by atoms with Gasteiger partial charge in [-0.3, -0.25) is 0 Å². The van der Waals surface area contributed by atoms with Crippen molar-refractivity contribution in [3.63, 3.8) is 0 Å². The van der Waals surface area contributed by atoms with Gasteiger partial charge in [0.2, 0.25) is 0 Å². The van der Waals surface area contributed by atoms with E-state index in [1.54, 1.807) is 22.9 Å². The van der Waals surface area contributed by atoms with Gasteiger partial charge in [0.1, 0.15) is 12.1 Å². The summed E-state index contributed by atoms with van der Waals surface area (Å²) in [6.45, 7) is 0.880. The Balaban J connectivity index is 1.60. The van der Waals surface area contributed by atoms with Crippen LogP contribution in [0.3, 0.4) is 0 Å². The van der Waals surface area contributed by atoms with Crippen LogP contribution in [-0.2, 0) is 13.1 Å². The van der Waals surface area contributed by atoms with E-state index in [9.17, 15) is 4.39 Å². The minimum absolute atomic E-state index is 0.256. The highest BCUT2D eigenvalue weighted by Crippen LogP contribution is 2.18. The number of rotatable bonds is 5. The van der Waals surface area contributed by atoms with E-state index in [0.29, 0.717) is 35.6 Å². The molecule has 7 heteroatoms. The normalized spacial score (nSPS) is 10.9. The van der Waals surface area contributed by atoms with Gasteiger partial charge >= 0.3 is 0 Å². The molecule has 2 aromatic heterocycles. The van der Waals surface area contributed by atoms with Gasteiger partial charge in [0, 0.05) is 12.1 Å². The largest absolute Gasteiger partial charge is 0.364 e. The summed E-state index contributed by atoms with van der Waals surface area (Å²) in [5.41, 5.74) is 2.87. The van der Waals surface area contributed by atoms with Crippen LogP contribution in [0.1, 0.15) is 11.1 Å². The third-order valence-electron chi connectivity index (χ3n) is 3.88. The van der Waals surface area contributed by atoms with Crippen LogP contribution in [0.5, 0.6) is 0 Å². The Morgan fingerprint density at radius 3 is 2.60 bits per heavy atom. The highest BCUT2D eigenvalue weighted by atomic mass is 19.1. The van der Waals surface area contributed by atoms with E-state index in [4.69, 9.17) is 0 Å². The van der Waals surface area contributed by atoms with E-state index in [-0.39, 0.29) is 5.82 Å². The molecule has 0 aliphatic carbocycles. The third kappa shape index (κ3) is 3.16. The molecular formula is C18H15FN6. The molecule has 0 radical (unpaired) electrons. The van der Waals surface area contributed by atoms with Crippen molar-refractivity contribution in [2.24, 2.45) is 0 Å². The average molecular weight is 334 g/mol. The zero-order chi connectivity index (χ0) is 17.1. The van der Waals surface area contributed by atoms with Crippen LogP contribution in [0.4, 0.5) is 10.2 Å². The van der Waals surface area contributed by atoms with Crippen LogP contribution < -0.4 is 5.32 Å². The van der Waals surface area contributed by atoms with Gasteiger partial charge in [0.25, 0.3) is 0 Å². The third-order valence-corrected chi connectivity index (χ3v) is 3.88. The fourth-order valence-corrected chi connectivity index (χ4v) is 2.60. The second-order valence-corrected chi connectivity index (χ2v) is 5.57. The Morgan fingerprint density at radius 2 is 1.76 bits per heavy atom. The summed E-state index contributed by atoms with van der Waals surface area (Å²) >= 11 is 0. The second-order valence-electron chi connectivity index (χ2n) is 5.57. The fraction of sp³-hybridized carbons (Fsp3) is 0.111. The van der Waals surface area contributed by atoms with E-state index in [2.05, 4.69) is 25.6 Å². The number of benzene rings is 2. The maximum atomic E-state index is 13.7. The lowest BCUT2D eigenvalue weighted by atomic mass is 10.2. The maximum Gasteiger partial charge on any atom is 0.184 e. The molecule has 4 rings (SSSR count). The molecule has 0 spiro atoms. The summed E-state index contributed by atoms with van der Waals surface area (Å²) in [7, 11) is 0. The minimum Gasteiger partial charge on any atom is -0.364 e. The standard InChI is InChI=1S/C18H15FN6/c19-15-9-5-4-8-14(15)10-20-17-16-18(22-12-21-17)25(24-23-16)11-13-6-2-1-3-7-13/h1-9,12H,10-11H2,(H,20,21,22). The van der Waals surface area contributed by atoms with Crippen molar-refractivity contribution in [3.8, 4) is 0 Å². The van der Waals surface area contributed by atoms with Crippen LogP contribution in [0, 0.1) is 5.82 Å². The number of hydrogen-bond acceptors (Lipinski definition) is 5. The monoisotopic (exact) mass is 334 g/mol. The summed E-state index contributed by atoms with van der Waals surface area (Å²) in [6.07, 6.45) is 1.46. The van der Waals surface area contributed by atoms with E-state index in [1.807, 2.05) is 30.3 Å². The maximum absolute atomic E-state index is 13.7. The van der Waals surface area contributed by atoms with E-state index < -0.39 is 0 Å². The van der Waals surface area contributed by atoms with Gasteiger partial charge in [-0.2, -0.15) is 0 Å². The highest BCUT2D eigenvalue weighted by molar-refractivity contribution is 5.81. The summed E-state index contributed by atoms with van der Waals surface area (Å²) in [4.78, 5) is 8.49. The number of halogens is 1. The number of aromatic nitrogens is 5. The Morgan fingerprint density at radius 1 is 0.960 bits per heavy atom. The highest BCUT2D eigenvalue weighted by Gasteiger charge is 2.12. The topological polar surface area (TPSA) is 68.5 Å². The molecule has 0 unspecified atom stereocenters. The first-order valence-electron chi connectivity index (χ1n) is 7.86. The van der Waals surface area contributed by atoms with Crippen LogP contribution in [-0.4, -0.2) is 25.0 Å². The van der Waals surface area contributed by atoms with Crippen molar-refractivity contribution in [2.45, 2.75) is 13.1 Å². The first-order chi connectivity index (χ1) is 12.3. The van der Waals surface area contributed by atoms with Gasteiger partial charge in [0.05, 0.1) is 6.54 Å². The zero-order valence-electron chi connectivity index (χ0n) is 13.3. The Bertz CT molecular complexity index is 999. The van der Waals surface area contributed by atoms with Crippen LogP contribution in [0.15, 0.2) is 60.9 Å². The summed E-state index contributed by atoms with van der Waals surface area (Å²) in [5.74, 6) is 0.278. The van der Waals surface area contributed by atoms with Gasteiger partial charge in [-0.25, -0.2) is 19.0 Å². The molecule has 0 aliphatic heterocycles. The van der Waals surface area contributed by atoms with E-state index >= 15 is 0 Å². The SMILES string of the molecule is Fc1ccccc1CNc1ncnc2c1nnn2Cc1ccccc1. The summed E-state index contributed by atoms with van der Waals surface area (Å²) in [5, 5.41) is 11.5. The molecule has 2 aromatic carbocycles. The minimum atomic E-state index is -0.256. The van der Waals surface area contributed by atoms with Crippen molar-refractivity contribution in [3.05, 3.63) is 77.9 Å². The van der Waals surface area contributed by atoms with Crippen LogP contribution in [0.2, 0.25) is 0 Å². The summed E-state index contributed by atoms with van der Waals surface area (Å²) in [6, 6.07) is 16.6. The summed E-state index contributed by atoms with van der Waals surface area (Å²) < 4.78 is 15.5. The number of nitrogens with zero attached hydrogens (tertiary/aromatic N) is 5. The number of hydrogen-bond donors (Lipinski definition) is 1. The first kappa shape index (κ1) is 15.2. The van der Waals surface area contributed by atoms with Gasteiger partial charge in [-0.1, -0.05) is 53.7 Å². The molecule has 25 heavy (non-hydrogen) atoms. The molecule has 0 saturated heterocycles. The van der Waals surface area contributed by atoms with Crippen molar-refractivity contribution in [2.75, 3.05) is 5.32 Å². The Hall–Kier alpha value is -3.35. The molecule has 4 aromatic rings. The van der Waals surface area contributed by atoms with E-state index in [1.165, 1.54) is 12.4 Å². The molecule has 1 N–H and O–H groups in total. The molecule has 0 aliphatic rings. The molecule has 0 amide bonds. The molecule has 0 fully saturated rings. The van der Waals surface area contributed by atoms with Gasteiger partial charge in [0.15, 0.2) is 17.0 Å². The average Bonchev–Trinajstić information content (AvgIpc) is 3.05. The van der Waals surface area contributed by atoms with Crippen molar-refractivity contribution in [1.82, 2.24) is 25.0 Å². The van der Waals surface area contributed by atoms with Crippen molar-refractivity contribution < 1.29 is 4.39 Å². The van der Waals surface area contributed by atoms with Crippen LogP contribution >= 0.6 is 0 Å². The lowest BCUT2D eigenvalue weighted by molar-refractivity contribution is 0.613. The van der Waals surface area contributed by atoms with Crippen LogP contribution in [0.25, 0.3) is 11.2 Å². The molecule has 124 valence electrons. The molecule has 0 atom stereocenters. The predicted octanol–water partition coefficient (Wildman–Crippen LogP) is 3.02. The van der Waals surface area contributed by atoms with Gasteiger partial charge in [-0.05, 0) is 11.6 Å². The van der Waals surface area contributed by atoms with Gasteiger partial charge in [-0.15, -0.1) is 5.10 Å². The molecular weight excluding hydrogens is 319 g/mol. The quantitative estimate of drug-likeness (QED) is 0.607. The molecule has 0 saturated carbocycles. The fourth-order valence-electron chi connectivity index (χ4n) is 2.60. The predicted molar refractivity (Wildman–Crippen MR) is 92.4 cm³/mol. The molecule has 0 bridgehead atoms. The Labute approximate surface area is 143 Å². The van der Waals surface area contributed by atoms with Crippen molar-refractivity contribution in [1.29, 1.82) is 0 Å². The molecule has 6 nitrogen and oxygen atoms in total. The zero-order valence-corrected chi connectivity index (χ0v) is 13.3. The second kappa shape index (κ2) is 6.64. The first-order valence-corrected chi connectivity index (χ1v) is 7.86. The van der Waals surface area contributed by atoms with Gasteiger partial charge < -0.3 is 5.32 Å². The Kier molecular flexibility index (Phi) is 4.04. The van der Waals surface area contributed by atoms with Crippen molar-refractivity contribution >= 4 is 17.0 Å². The lowest BCUT2D eigenvalue weighted by Crippen LogP contribution is -2.05. The molecule has 2 heterocycles. The number of nitrogens with one attached hydrogen (secondary N) is 1. The van der Waals surface area contributed by atoms with E-state index in [0.717, 1.165) is 5.56 Å². The number of anilines is 1.